The quantitative estimate of drug-likeness (QED) is 0.731. The van der Waals surface area contributed by atoms with Gasteiger partial charge < -0.3 is 4.90 Å². The predicted molar refractivity (Wildman–Crippen MR) is 84.5 cm³/mol. The molecule has 2 heteroatoms. The van der Waals surface area contributed by atoms with Crippen LogP contribution in [0.15, 0.2) is 59.5 Å². The first-order chi connectivity index (χ1) is 9.18. The average molecular weight is 271 g/mol. The third-order valence-electron chi connectivity index (χ3n) is 3.38. The summed E-state index contributed by atoms with van der Waals surface area (Å²) in [6, 6.07) is 19.8. The van der Waals surface area contributed by atoms with Gasteiger partial charge in [0.25, 0.3) is 0 Å². The van der Waals surface area contributed by atoms with Crippen LogP contribution in [0.25, 0.3) is 0 Å². The Bertz CT molecular complexity index is 508. The molecule has 100 valence electrons. The molecule has 0 aliphatic rings. The zero-order valence-electron chi connectivity index (χ0n) is 11.8. The van der Waals surface area contributed by atoms with Crippen molar-refractivity contribution in [2.24, 2.45) is 0 Å². The van der Waals surface area contributed by atoms with Crippen LogP contribution in [0.3, 0.4) is 0 Å². The molecule has 1 nitrogen and oxygen atoms in total. The average Bonchev–Trinajstić information content (AvgIpc) is 2.45. The first kappa shape index (κ1) is 14.2. The van der Waals surface area contributed by atoms with Crippen LogP contribution in [-0.4, -0.2) is 19.0 Å². The molecule has 2 rings (SSSR count). The van der Waals surface area contributed by atoms with Crippen LogP contribution in [0.2, 0.25) is 0 Å². The molecule has 0 N–H and O–H groups in total. The van der Waals surface area contributed by atoms with Crippen LogP contribution in [0, 0.1) is 0 Å². The van der Waals surface area contributed by atoms with E-state index in [0.29, 0.717) is 6.04 Å². The second kappa shape index (κ2) is 6.78. The highest BCUT2D eigenvalue weighted by Crippen LogP contribution is 2.31. The molecule has 0 aliphatic heterocycles. The highest BCUT2D eigenvalue weighted by Gasteiger charge is 2.12. The molecule has 0 bridgehead atoms. The molecule has 0 heterocycles. The summed E-state index contributed by atoms with van der Waals surface area (Å²) >= 11 is 1.92. The molecule has 2 aromatic rings. The van der Waals surface area contributed by atoms with E-state index in [2.05, 4.69) is 80.5 Å². The van der Waals surface area contributed by atoms with Crippen LogP contribution < -0.4 is 0 Å². The van der Waals surface area contributed by atoms with E-state index in [4.69, 9.17) is 0 Å². The molecule has 0 saturated heterocycles. The smallest absolute Gasteiger partial charge is 0.0324 e. The Hall–Kier alpha value is -1.25. The molecule has 0 spiro atoms. The lowest BCUT2D eigenvalue weighted by Gasteiger charge is -2.22. The van der Waals surface area contributed by atoms with E-state index >= 15 is 0 Å². The number of hydrogen-bond donors (Lipinski definition) is 0. The molecule has 1 atom stereocenters. The fourth-order valence-corrected chi connectivity index (χ4v) is 3.07. The molecule has 0 saturated carbocycles. The van der Waals surface area contributed by atoms with Gasteiger partial charge in [-0.15, -0.1) is 11.8 Å². The molecule has 19 heavy (non-hydrogen) atoms. The highest BCUT2D eigenvalue weighted by molar-refractivity contribution is 7.98. The Labute approximate surface area is 120 Å². The van der Waals surface area contributed by atoms with Gasteiger partial charge in [0.15, 0.2) is 0 Å². The number of nitrogens with zero attached hydrogens (tertiary/aromatic N) is 1. The Balaban J connectivity index is 2.12. The summed E-state index contributed by atoms with van der Waals surface area (Å²) in [5.41, 5.74) is 2.79. The summed E-state index contributed by atoms with van der Waals surface area (Å²) in [6.07, 6.45) is 0. The summed E-state index contributed by atoms with van der Waals surface area (Å²) in [5, 5.41) is 0. The summed E-state index contributed by atoms with van der Waals surface area (Å²) in [7, 11) is 4.26. The van der Waals surface area contributed by atoms with Gasteiger partial charge in [-0.1, -0.05) is 48.5 Å². The monoisotopic (exact) mass is 271 g/mol. The van der Waals surface area contributed by atoms with Gasteiger partial charge in [-0.2, -0.15) is 0 Å². The van der Waals surface area contributed by atoms with E-state index in [0.717, 1.165) is 5.75 Å². The van der Waals surface area contributed by atoms with Crippen LogP contribution in [0.1, 0.15) is 24.1 Å². The van der Waals surface area contributed by atoms with Gasteiger partial charge in [0, 0.05) is 16.7 Å². The maximum Gasteiger partial charge on any atom is 0.0324 e. The maximum atomic E-state index is 2.25. The topological polar surface area (TPSA) is 3.24 Å². The van der Waals surface area contributed by atoms with Gasteiger partial charge in [0.2, 0.25) is 0 Å². The van der Waals surface area contributed by atoms with Crippen LogP contribution in [0.5, 0.6) is 0 Å². The van der Waals surface area contributed by atoms with Crippen molar-refractivity contribution in [2.75, 3.05) is 14.1 Å². The van der Waals surface area contributed by atoms with Crippen molar-refractivity contribution in [3.8, 4) is 0 Å². The Morgan fingerprint density at radius 3 is 2.26 bits per heavy atom. The summed E-state index contributed by atoms with van der Waals surface area (Å²) in [4.78, 5) is 3.63. The lowest BCUT2D eigenvalue weighted by atomic mass is 10.1. The van der Waals surface area contributed by atoms with Gasteiger partial charge in [-0.25, -0.2) is 0 Å². The van der Waals surface area contributed by atoms with Crippen molar-refractivity contribution in [1.29, 1.82) is 0 Å². The van der Waals surface area contributed by atoms with Crippen LogP contribution in [0.4, 0.5) is 0 Å². The fourth-order valence-electron chi connectivity index (χ4n) is 1.97. The van der Waals surface area contributed by atoms with Crippen LogP contribution in [-0.2, 0) is 5.75 Å². The summed E-state index contributed by atoms with van der Waals surface area (Å²) < 4.78 is 0. The van der Waals surface area contributed by atoms with E-state index in [9.17, 15) is 0 Å². The second-order valence-corrected chi connectivity index (χ2v) is 5.97. The van der Waals surface area contributed by atoms with E-state index in [1.807, 2.05) is 11.8 Å². The molecule has 0 aliphatic carbocycles. The standard InChI is InChI=1S/C17H21NS/c1-14(18(2)3)16-11-7-8-12-17(16)19-13-15-9-5-4-6-10-15/h4-12,14H,13H2,1-3H3/t14-/m1/s1. The molecule has 2 aromatic carbocycles. The van der Waals surface area contributed by atoms with Crippen molar-refractivity contribution in [3.63, 3.8) is 0 Å². The van der Waals surface area contributed by atoms with Crippen molar-refractivity contribution in [3.05, 3.63) is 65.7 Å². The summed E-state index contributed by atoms with van der Waals surface area (Å²) in [6.45, 7) is 2.25. The van der Waals surface area contributed by atoms with Crippen molar-refractivity contribution < 1.29 is 0 Å². The van der Waals surface area contributed by atoms with E-state index < -0.39 is 0 Å². The minimum atomic E-state index is 0.444. The Kier molecular flexibility index (Phi) is 5.06. The minimum Gasteiger partial charge on any atom is -0.303 e. The highest BCUT2D eigenvalue weighted by atomic mass is 32.2. The second-order valence-electron chi connectivity index (χ2n) is 4.95. The van der Waals surface area contributed by atoms with E-state index in [1.165, 1.54) is 16.0 Å². The van der Waals surface area contributed by atoms with Crippen molar-refractivity contribution in [1.82, 2.24) is 4.90 Å². The molecule has 0 fully saturated rings. The number of rotatable bonds is 5. The van der Waals surface area contributed by atoms with Gasteiger partial charge in [0.1, 0.15) is 0 Å². The fraction of sp³-hybridized carbons (Fsp3) is 0.294. The first-order valence-electron chi connectivity index (χ1n) is 6.60. The predicted octanol–water partition coefficient (Wildman–Crippen LogP) is 4.60. The van der Waals surface area contributed by atoms with E-state index in [-0.39, 0.29) is 0 Å². The van der Waals surface area contributed by atoms with Gasteiger partial charge in [-0.3, -0.25) is 0 Å². The molecular formula is C17H21NS. The number of thioether (sulfide) groups is 1. The normalized spacial score (nSPS) is 12.6. The summed E-state index contributed by atoms with van der Waals surface area (Å²) in [5.74, 6) is 1.03. The first-order valence-corrected chi connectivity index (χ1v) is 7.59. The lowest BCUT2D eigenvalue weighted by Crippen LogP contribution is -2.17. The molecular weight excluding hydrogens is 250 g/mol. The van der Waals surface area contributed by atoms with Crippen LogP contribution >= 0.6 is 11.8 Å². The molecule has 0 unspecified atom stereocenters. The largest absolute Gasteiger partial charge is 0.303 e. The Morgan fingerprint density at radius 1 is 0.947 bits per heavy atom. The Morgan fingerprint density at radius 2 is 1.58 bits per heavy atom. The van der Waals surface area contributed by atoms with Gasteiger partial charge in [-0.05, 0) is 38.2 Å². The SMILES string of the molecule is C[C@H](c1ccccc1SCc1ccccc1)N(C)C. The number of hydrogen-bond acceptors (Lipinski definition) is 2. The lowest BCUT2D eigenvalue weighted by molar-refractivity contribution is 0.317. The van der Waals surface area contributed by atoms with E-state index in [1.54, 1.807) is 0 Å². The van der Waals surface area contributed by atoms with Crippen molar-refractivity contribution >= 4 is 11.8 Å². The third-order valence-corrected chi connectivity index (χ3v) is 4.54. The molecule has 0 aromatic heterocycles. The zero-order chi connectivity index (χ0) is 13.7. The maximum absolute atomic E-state index is 2.25. The van der Waals surface area contributed by atoms with Gasteiger partial charge in [0.05, 0.1) is 0 Å². The van der Waals surface area contributed by atoms with Gasteiger partial charge >= 0.3 is 0 Å². The molecule has 0 amide bonds. The minimum absolute atomic E-state index is 0.444. The van der Waals surface area contributed by atoms with Crippen molar-refractivity contribution in [2.45, 2.75) is 23.6 Å². The number of benzene rings is 2. The third kappa shape index (κ3) is 3.85. The zero-order valence-corrected chi connectivity index (χ0v) is 12.7. The molecule has 0 radical (unpaired) electrons.